The fourth-order valence-corrected chi connectivity index (χ4v) is 13.5. The van der Waals surface area contributed by atoms with Gasteiger partial charge in [0.05, 0.1) is 27.0 Å². The molecule has 388 valence electrons. The maximum atomic E-state index is 14.4. The Kier molecular flexibility index (Phi) is 13.3. The molecular formula is C55H68N8O9S. The van der Waals surface area contributed by atoms with Gasteiger partial charge in [0.2, 0.25) is 0 Å². The average molecular weight is 1020 g/mol. The third kappa shape index (κ3) is 10.1. The number of hydrogen-bond donors (Lipinski definition) is 4. The fourth-order valence-electron chi connectivity index (χ4n) is 12.5. The van der Waals surface area contributed by atoms with Crippen LogP contribution in [0.25, 0.3) is 11.0 Å². The molecule has 4 N–H and O–H groups in total. The van der Waals surface area contributed by atoms with Crippen molar-refractivity contribution in [2.24, 2.45) is 11.3 Å². The molecule has 4 aliphatic heterocycles. The molecule has 2 aromatic heterocycles. The number of carbonyl (C=O) groups excluding carboxylic acids is 1. The molecule has 5 aromatic rings. The van der Waals surface area contributed by atoms with Crippen molar-refractivity contribution < 1.29 is 37.5 Å². The number of anilines is 2. The smallest absolute Gasteiger partial charge is 0.297 e. The number of hydrogen-bond acceptors (Lipinski definition) is 14. The van der Waals surface area contributed by atoms with Crippen LogP contribution in [-0.2, 0) is 10.0 Å². The molecule has 2 saturated carbocycles. The Morgan fingerprint density at radius 2 is 1.75 bits per heavy atom. The summed E-state index contributed by atoms with van der Waals surface area (Å²) in [5, 5.41) is 27.0. The van der Waals surface area contributed by atoms with E-state index in [-0.39, 0.29) is 58.4 Å². The van der Waals surface area contributed by atoms with Crippen molar-refractivity contribution in [2.45, 2.75) is 119 Å². The van der Waals surface area contributed by atoms with Crippen molar-refractivity contribution in [1.29, 1.82) is 0 Å². The van der Waals surface area contributed by atoms with E-state index in [1.165, 1.54) is 36.5 Å². The minimum Gasteiger partial charge on any atom is -0.489 e. The molecule has 6 aliphatic rings. The van der Waals surface area contributed by atoms with Gasteiger partial charge in [-0.1, -0.05) is 44.5 Å². The number of fused-ring (bicyclic) bond motifs is 2. The van der Waals surface area contributed by atoms with Crippen LogP contribution in [0, 0.1) is 21.4 Å². The number of aromatic amines is 1. The summed E-state index contributed by atoms with van der Waals surface area (Å²) in [5.74, 6) is 0.727. The SMILES string of the molecule is CC(C)c1ccccc1[C@H]1CCC[C@H]1N1CC2(CCN(c3ccc(C(=O)NS(=O)(=O)c4cc5c(c([N+](=O)[O-])c4)N[C@@H](C4CCC(C)(O)CC4)CO5)c(Oc4cc5cc[nH]c5nc4OCCN4CCC4)c3)CC2)C1. The second-order valence-corrected chi connectivity index (χ2v) is 23.9. The van der Waals surface area contributed by atoms with Crippen LogP contribution in [-0.4, -0.2) is 121 Å². The molecule has 3 atom stereocenters. The first-order valence-corrected chi connectivity index (χ1v) is 27.8. The molecular weight excluding hydrogens is 949 g/mol. The molecule has 3 saturated heterocycles. The maximum absolute atomic E-state index is 14.4. The number of benzene rings is 3. The molecule has 17 nitrogen and oxygen atoms in total. The lowest BCUT2D eigenvalue weighted by atomic mass is 9.70. The molecule has 0 radical (unpaired) electrons. The van der Waals surface area contributed by atoms with Crippen molar-refractivity contribution in [3.63, 3.8) is 0 Å². The van der Waals surface area contributed by atoms with Crippen LogP contribution in [0.4, 0.5) is 17.1 Å². The molecule has 1 amide bonds. The summed E-state index contributed by atoms with van der Waals surface area (Å²) in [6.45, 7) is 13.4. The van der Waals surface area contributed by atoms with E-state index in [1.807, 2.05) is 19.1 Å². The summed E-state index contributed by atoms with van der Waals surface area (Å²) in [6, 6.07) is 20.3. The highest BCUT2D eigenvalue weighted by atomic mass is 32.2. The molecule has 0 unspecified atom stereocenters. The molecule has 11 rings (SSSR count). The Hall–Kier alpha value is -5.95. The number of H-pyrrole nitrogens is 1. The summed E-state index contributed by atoms with van der Waals surface area (Å²) in [5.41, 5.74) is 3.42. The Bertz CT molecular complexity index is 2990. The van der Waals surface area contributed by atoms with Crippen LogP contribution < -0.4 is 29.1 Å². The highest BCUT2D eigenvalue weighted by molar-refractivity contribution is 7.90. The van der Waals surface area contributed by atoms with Crippen molar-refractivity contribution in [2.75, 3.05) is 69.2 Å². The minimum absolute atomic E-state index is 0.00296. The summed E-state index contributed by atoms with van der Waals surface area (Å²) in [6.07, 6.45) is 11.3. The third-order valence-electron chi connectivity index (χ3n) is 16.9. The number of likely N-dealkylation sites (tertiary alicyclic amines) is 2. The van der Waals surface area contributed by atoms with E-state index in [0.29, 0.717) is 62.4 Å². The number of pyridine rings is 1. The van der Waals surface area contributed by atoms with Gasteiger partial charge in [-0.3, -0.25) is 24.7 Å². The lowest BCUT2D eigenvalue weighted by molar-refractivity contribution is -0.384. The van der Waals surface area contributed by atoms with Crippen molar-refractivity contribution >= 4 is 44.0 Å². The Morgan fingerprint density at radius 3 is 2.49 bits per heavy atom. The van der Waals surface area contributed by atoms with Gasteiger partial charge in [0.25, 0.3) is 27.5 Å². The molecule has 0 bridgehead atoms. The summed E-state index contributed by atoms with van der Waals surface area (Å²) < 4.78 is 49.5. The van der Waals surface area contributed by atoms with Crippen LogP contribution in [0.1, 0.15) is 118 Å². The third-order valence-corrected chi connectivity index (χ3v) is 18.2. The number of ether oxygens (including phenoxy) is 3. The number of piperidine rings is 1. The topological polar surface area (TPSA) is 205 Å². The van der Waals surface area contributed by atoms with Crippen LogP contribution in [0.15, 0.2) is 77.8 Å². The molecule has 5 fully saturated rings. The van der Waals surface area contributed by atoms with E-state index in [9.17, 15) is 28.4 Å². The monoisotopic (exact) mass is 1020 g/mol. The van der Waals surface area contributed by atoms with E-state index >= 15 is 0 Å². The van der Waals surface area contributed by atoms with Gasteiger partial charge in [-0.2, -0.15) is 4.98 Å². The highest BCUT2D eigenvalue weighted by Crippen LogP contribution is 2.50. The Labute approximate surface area is 427 Å². The largest absolute Gasteiger partial charge is 0.489 e. The number of aromatic nitrogens is 2. The zero-order valence-corrected chi connectivity index (χ0v) is 42.9. The van der Waals surface area contributed by atoms with Gasteiger partial charge >= 0.3 is 0 Å². The Balaban J connectivity index is 0.837. The van der Waals surface area contributed by atoms with Gasteiger partial charge < -0.3 is 34.5 Å². The Morgan fingerprint density at radius 1 is 0.973 bits per heavy atom. The minimum atomic E-state index is -4.71. The quantitative estimate of drug-likeness (QED) is 0.0571. The molecule has 2 aliphatic carbocycles. The predicted octanol–water partition coefficient (Wildman–Crippen LogP) is 8.94. The first kappa shape index (κ1) is 49.3. The van der Waals surface area contributed by atoms with Crippen molar-refractivity contribution in [3.8, 4) is 23.1 Å². The molecule has 73 heavy (non-hydrogen) atoms. The van der Waals surface area contributed by atoms with Gasteiger partial charge in [0.15, 0.2) is 17.2 Å². The molecule has 3 aromatic carbocycles. The summed E-state index contributed by atoms with van der Waals surface area (Å²) >= 11 is 0. The zero-order valence-electron chi connectivity index (χ0n) is 42.1. The highest BCUT2D eigenvalue weighted by Gasteiger charge is 2.49. The molecule has 6 heterocycles. The van der Waals surface area contributed by atoms with Crippen molar-refractivity contribution in [3.05, 3.63) is 99.7 Å². The van der Waals surface area contributed by atoms with Gasteiger partial charge in [0.1, 0.15) is 24.6 Å². The van der Waals surface area contributed by atoms with Crippen LogP contribution in [0.2, 0.25) is 0 Å². The van der Waals surface area contributed by atoms with Crippen molar-refractivity contribution in [1.82, 2.24) is 24.5 Å². The second-order valence-electron chi connectivity index (χ2n) is 22.2. The number of nitro groups is 1. The number of amides is 1. The predicted molar refractivity (Wildman–Crippen MR) is 279 cm³/mol. The number of rotatable bonds is 15. The number of sulfonamides is 1. The number of carbonyl (C=O) groups is 1. The fraction of sp³-hybridized carbons (Fsp3) is 0.527. The van der Waals surface area contributed by atoms with Gasteiger partial charge in [0, 0.05) is 74.2 Å². The van der Waals surface area contributed by atoms with Crippen LogP contribution in [0.5, 0.6) is 23.1 Å². The van der Waals surface area contributed by atoms with E-state index in [4.69, 9.17) is 19.2 Å². The van der Waals surface area contributed by atoms with Crippen LogP contribution in [0.3, 0.4) is 0 Å². The van der Waals surface area contributed by atoms with E-state index in [1.54, 1.807) is 24.4 Å². The number of nitrogens with one attached hydrogen (secondary N) is 3. The summed E-state index contributed by atoms with van der Waals surface area (Å²) in [4.78, 5) is 41.0. The lowest BCUT2D eigenvalue weighted by Crippen LogP contribution is -2.63. The molecule has 18 heteroatoms. The standard InChI is InChI=1S/C55H68N8O9S/c1-35(2)40-8-4-5-9-41(40)42-10-6-11-45(42)62-33-55(34-62)19-24-61(25-20-55)38-12-13-43(47(29-38)72-49-28-37-16-21-56-51(37)58-53(49)70-27-26-60-22-7-23-60)52(64)59-73(68,69)39-30-46(63(66)67)50-48(31-39)71-32-44(57-50)36-14-17-54(3,65)18-15-36/h4-5,8-9,12-13,16,21,28-31,35-36,42,44-45,57,65H,6-7,10-11,14-15,17-20,22-27,32-34H2,1-3H3,(H,56,58)(H,59,64)/t36?,42-,44-,45-,54?/m1/s1. The van der Waals surface area contributed by atoms with Gasteiger partial charge in [-0.15, -0.1) is 0 Å². The number of aliphatic hydroxyl groups is 1. The second kappa shape index (κ2) is 19.7. The van der Waals surface area contributed by atoms with E-state index in [2.05, 4.69) is 67.8 Å². The van der Waals surface area contributed by atoms with Gasteiger partial charge in [-0.25, -0.2) is 13.1 Å². The summed E-state index contributed by atoms with van der Waals surface area (Å²) in [7, 11) is -4.71. The molecule has 1 spiro atoms. The first-order chi connectivity index (χ1) is 35.1. The normalized spacial score (nSPS) is 25.1. The maximum Gasteiger partial charge on any atom is 0.297 e. The van der Waals surface area contributed by atoms with E-state index in [0.717, 1.165) is 75.7 Å². The van der Waals surface area contributed by atoms with Gasteiger partial charge in [-0.05, 0) is 136 Å². The van der Waals surface area contributed by atoms with Crippen LogP contribution >= 0.6 is 0 Å². The number of nitro benzene ring substituents is 1. The first-order valence-electron chi connectivity index (χ1n) is 26.4. The lowest BCUT2D eigenvalue weighted by Gasteiger charge is -2.57. The number of nitrogens with zero attached hydrogens (tertiary/aromatic N) is 5. The average Bonchev–Trinajstić information content (AvgIpc) is 4.03. The van der Waals surface area contributed by atoms with E-state index < -0.39 is 37.0 Å². The zero-order chi connectivity index (χ0) is 50.6.